The Morgan fingerprint density at radius 3 is 2.13 bits per heavy atom. The molecular formula is C38H66O14. The van der Waals surface area contributed by atoms with Gasteiger partial charge in [-0.2, -0.15) is 0 Å². The van der Waals surface area contributed by atoms with Gasteiger partial charge in [-0.25, -0.2) is 0 Å². The molecule has 9 N–H and O–H groups in total. The predicted octanol–water partition coefficient (Wildman–Crippen LogP) is 0.0474. The van der Waals surface area contributed by atoms with Gasteiger partial charge in [0, 0.05) is 25.4 Å². The second kappa shape index (κ2) is 15.4. The smallest absolute Gasteiger partial charge is 0.187 e. The van der Waals surface area contributed by atoms with E-state index >= 15 is 0 Å². The fourth-order valence-corrected chi connectivity index (χ4v) is 12.3. The van der Waals surface area contributed by atoms with Crippen molar-refractivity contribution in [1.29, 1.82) is 0 Å². The molecule has 302 valence electrons. The Bertz CT molecular complexity index is 1210. The number of ether oxygens (including phenoxy) is 5. The van der Waals surface area contributed by atoms with Gasteiger partial charge in [0.25, 0.3) is 0 Å². The van der Waals surface area contributed by atoms with Crippen molar-refractivity contribution in [3.63, 3.8) is 0 Å². The molecule has 0 aromatic heterocycles. The fraction of sp³-hybridized carbons (Fsp3) is 1.00. The van der Waals surface area contributed by atoms with Crippen molar-refractivity contribution >= 4 is 0 Å². The zero-order valence-electron chi connectivity index (χ0n) is 31.6. The Balaban J connectivity index is 1.11. The summed E-state index contributed by atoms with van der Waals surface area (Å²) in [5.41, 5.74) is -2.26. The number of aliphatic hydroxyl groups is 9. The summed E-state index contributed by atoms with van der Waals surface area (Å²) in [6, 6.07) is 0. The highest BCUT2D eigenvalue weighted by atomic mass is 16.8. The SMILES string of the molecule is CO[C@H]1[C@H](O[C@@H]2[C@@H](O)[C@H](OC(CC[C@@H](C)[C@H]3C[C@H](O)[C@@H]4[C@]3(C)CC[C@@H]3[C@@]5(C)CC[C@H](O)[C@H](O)[C@@H]5[C@H](O)C[C@]34O)C(C)C)O[C@H]2CO)OC[C@@H](O)[C@@H]1O. The monoisotopic (exact) mass is 746 g/mol. The predicted molar refractivity (Wildman–Crippen MR) is 184 cm³/mol. The van der Waals surface area contributed by atoms with Crippen LogP contribution >= 0.6 is 0 Å². The molecular weight excluding hydrogens is 680 g/mol. The first-order valence-electron chi connectivity index (χ1n) is 19.6. The first kappa shape index (κ1) is 41.1. The summed E-state index contributed by atoms with van der Waals surface area (Å²) in [6.45, 7) is 9.80. The minimum atomic E-state index is -1.31. The molecule has 14 heteroatoms. The molecule has 2 heterocycles. The first-order valence-corrected chi connectivity index (χ1v) is 19.6. The van der Waals surface area contributed by atoms with Crippen molar-refractivity contribution in [2.75, 3.05) is 20.3 Å². The molecule has 2 aliphatic heterocycles. The minimum absolute atomic E-state index is 0.0437. The van der Waals surface area contributed by atoms with E-state index in [4.69, 9.17) is 23.7 Å². The Morgan fingerprint density at radius 1 is 0.788 bits per heavy atom. The summed E-state index contributed by atoms with van der Waals surface area (Å²) in [4.78, 5) is 0. The molecule has 1 unspecified atom stereocenters. The van der Waals surface area contributed by atoms with Crippen LogP contribution in [0.2, 0.25) is 0 Å². The van der Waals surface area contributed by atoms with E-state index in [0.717, 1.165) is 12.8 Å². The van der Waals surface area contributed by atoms with Gasteiger partial charge in [-0.15, -0.1) is 0 Å². The molecule has 0 aromatic rings. The van der Waals surface area contributed by atoms with Gasteiger partial charge < -0.3 is 69.6 Å². The lowest BCUT2D eigenvalue weighted by molar-refractivity contribution is -0.296. The zero-order valence-corrected chi connectivity index (χ0v) is 31.6. The summed E-state index contributed by atoms with van der Waals surface area (Å²) < 4.78 is 29.2. The third-order valence-corrected chi connectivity index (χ3v) is 14.9. The molecule has 4 saturated carbocycles. The van der Waals surface area contributed by atoms with Crippen molar-refractivity contribution < 1.29 is 69.6 Å². The van der Waals surface area contributed by atoms with Crippen LogP contribution in [0.3, 0.4) is 0 Å². The van der Waals surface area contributed by atoms with Crippen LogP contribution in [0.1, 0.15) is 86.0 Å². The highest BCUT2D eigenvalue weighted by Crippen LogP contribution is 2.70. The van der Waals surface area contributed by atoms with Crippen molar-refractivity contribution in [1.82, 2.24) is 0 Å². The molecule has 0 bridgehead atoms. The Morgan fingerprint density at radius 2 is 1.48 bits per heavy atom. The van der Waals surface area contributed by atoms with Gasteiger partial charge in [-0.3, -0.25) is 0 Å². The van der Waals surface area contributed by atoms with Crippen LogP contribution in [-0.4, -0.2) is 152 Å². The number of hydrogen-bond acceptors (Lipinski definition) is 14. The number of fused-ring (bicyclic) bond motifs is 5. The highest BCUT2D eigenvalue weighted by molar-refractivity contribution is 5.21. The lowest BCUT2D eigenvalue weighted by atomic mass is 9.41. The molecule has 6 rings (SSSR count). The molecule has 4 aliphatic carbocycles. The lowest BCUT2D eigenvalue weighted by Gasteiger charge is -2.66. The molecule has 0 spiro atoms. The first-order chi connectivity index (χ1) is 24.4. The lowest BCUT2D eigenvalue weighted by Crippen LogP contribution is -2.70. The second-order valence-corrected chi connectivity index (χ2v) is 18.1. The zero-order chi connectivity index (χ0) is 38.1. The van der Waals surface area contributed by atoms with Crippen LogP contribution in [0.4, 0.5) is 0 Å². The summed E-state index contributed by atoms with van der Waals surface area (Å²) in [5.74, 6) is -0.911. The van der Waals surface area contributed by atoms with Gasteiger partial charge in [0.2, 0.25) is 0 Å². The molecule has 52 heavy (non-hydrogen) atoms. The summed E-state index contributed by atoms with van der Waals surface area (Å²) in [5, 5.41) is 98.9. The average molecular weight is 747 g/mol. The van der Waals surface area contributed by atoms with Crippen LogP contribution in [0.15, 0.2) is 0 Å². The number of aliphatic hydroxyl groups excluding tert-OH is 8. The van der Waals surface area contributed by atoms with Crippen LogP contribution in [0, 0.1) is 46.3 Å². The van der Waals surface area contributed by atoms with E-state index in [1.165, 1.54) is 7.11 Å². The molecule has 0 radical (unpaired) electrons. The van der Waals surface area contributed by atoms with Crippen molar-refractivity contribution in [2.24, 2.45) is 46.3 Å². The van der Waals surface area contributed by atoms with Gasteiger partial charge in [0.15, 0.2) is 12.6 Å². The molecule has 6 aliphatic rings. The fourth-order valence-electron chi connectivity index (χ4n) is 12.3. The Kier molecular flexibility index (Phi) is 12.2. The third kappa shape index (κ3) is 6.82. The van der Waals surface area contributed by atoms with E-state index in [-0.39, 0.29) is 48.2 Å². The van der Waals surface area contributed by atoms with E-state index in [1.54, 1.807) is 0 Å². The van der Waals surface area contributed by atoms with E-state index in [9.17, 15) is 46.0 Å². The number of methoxy groups -OCH3 is 1. The van der Waals surface area contributed by atoms with Crippen LogP contribution in [-0.2, 0) is 23.7 Å². The number of hydrogen-bond donors (Lipinski definition) is 9. The van der Waals surface area contributed by atoms with Crippen molar-refractivity contribution in [2.45, 2.75) is 171 Å². The van der Waals surface area contributed by atoms with E-state index in [0.29, 0.717) is 32.1 Å². The largest absolute Gasteiger partial charge is 0.394 e. The minimum Gasteiger partial charge on any atom is -0.394 e. The van der Waals surface area contributed by atoms with Crippen LogP contribution in [0.5, 0.6) is 0 Å². The highest BCUT2D eigenvalue weighted by Gasteiger charge is 2.71. The normalized spacial score (nSPS) is 53.3. The van der Waals surface area contributed by atoms with Crippen molar-refractivity contribution in [3.05, 3.63) is 0 Å². The van der Waals surface area contributed by atoms with Crippen LogP contribution < -0.4 is 0 Å². The standard InChI is InChI=1S/C38H66O14/c1-17(2)24(50-34-30(46)31(25(15-39)51-34)52-35-32(48-6)29(45)23(43)16-49-35)8-7-18(3)19-13-21(41)33-36(19,4)12-10-26-37(5)11-9-20(40)28(44)27(37)22(42)14-38(26,33)47/h17-35,39-47H,7-16H2,1-6H3/t18-,19-,20+,21+,22-,23-,24?,25+,26-,27+,28+,29+,30-,31+,32-,33-,34-,35+,36-,37-,38+/m1/s1. The maximum Gasteiger partial charge on any atom is 0.187 e. The second-order valence-electron chi connectivity index (χ2n) is 18.1. The summed E-state index contributed by atoms with van der Waals surface area (Å²) >= 11 is 0. The van der Waals surface area contributed by atoms with Gasteiger partial charge in [-0.1, -0.05) is 34.6 Å². The molecule has 6 fully saturated rings. The molecule has 14 nitrogen and oxygen atoms in total. The van der Waals surface area contributed by atoms with Gasteiger partial charge >= 0.3 is 0 Å². The number of rotatable bonds is 11. The molecule has 21 atom stereocenters. The van der Waals surface area contributed by atoms with Gasteiger partial charge in [0.1, 0.15) is 36.6 Å². The summed E-state index contributed by atoms with van der Waals surface area (Å²) in [7, 11) is 1.35. The Labute approximate surface area is 307 Å². The maximum absolute atomic E-state index is 12.6. The average Bonchev–Trinajstić information content (AvgIpc) is 3.53. The van der Waals surface area contributed by atoms with Crippen molar-refractivity contribution in [3.8, 4) is 0 Å². The van der Waals surface area contributed by atoms with Gasteiger partial charge in [0.05, 0.1) is 49.3 Å². The maximum atomic E-state index is 12.6. The van der Waals surface area contributed by atoms with E-state index < -0.39 is 103 Å². The van der Waals surface area contributed by atoms with Crippen LogP contribution in [0.25, 0.3) is 0 Å². The molecule has 0 aromatic carbocycles. The third-order valence-electron chi connectivity index (χ3n) is 14.9. The Hall–Kier alpha value is -0.560. The van der Waals surface area contributed by atoms with E-state index in [2.05, 4.69) is 13.8 Å². The molecule has 0 amide bonds. The molecule has 2 saturated heterocycles. The quantitative estimate of drug-likeness (QED) is 0.136. The van der Waals surface area contributed by atoms with E-state index in [1.807, 2.05) is 20.8 Å². The summed E-state index contributed by atoms with van der Waals surface area (Å²) in [6.07, 6.45) is -8.50. The topological polar surface area (TPSA) is 228 Å². The van der Waals surface area contributed by atoms with Gasteiger partial charge in [-0.05, 0) is 79.4 Å².